The molecule has 0 atom stereocenters. The summed E-state index contributed by atoms with van der Waals surface area (Å²) in [6.07, 6.45) is 0. The Morgan fingerprint density at radius 2 is 2.00 bits per heavy atom. The molecule has 0 aliphatic heterocycles. The van der Waals surface area contributed by atoms with E-state index >= 15 is 0 Å². The average Bonchev–Trinajstić information content (AvgIpc) is 2.74. The molecule has 0 radical (unpaired) electrons. The number of thiophene rings is 1. The lowest BCUT2D eigenvalue weighted by atomic mass is 10.1. The van der Waals surface area contributed by atoms with E-state index < -0.39 is 0 Å². The van der Waals surface area contributed by atoms with Crippen molar-refractivity contribution in [2.45, 2.75) is 33.4 Å². The van der Waals surface area contributed by atoms with Gasteiger partial charge in [-0.05, 0) is 35.6 Å². The molecule has 1 aromatic carbocycles. The maximum Gasteiger partial charge on any atom is 0.128 e. The van der Waals surface area contributed by atoms with Crippen LogP contribution in [0.5, 0.6) is 0 Å². The molecular formula is C15H18FNS. The molecule has 0 bridgehead atoms. The number of benzene rings is 1. The summed E-state index contributed by atoms with van der Waals surface area (Å²) in [5.41, 5.74) is 2.77. The molecule has 0 aliphatic rings. The monoisotopic (exact) mass is 263 g/mol. The summed E-state index contributed by atoms with van der Waals surface area (Å²) in [5, 5.41) is 5.29. The summed E-state index contributed by atoms with van der Waals surface area (Å²) in [4.78, 5) is 1.25. The SMILES string of the molecule is Cc1cc(-c2ccc(CNC(C)C)c(F)c2)cs1. The Balaban J connectivity index is 2.19. The van der Waals surface area contributed by atoms with Crippen molar-refractivity contribution in [3.8, 4) is 11.1 Å². The molecule has 0 saturated carbocycles. The Morgan fingerprint density at radius 1 is 1.22 bits per heavy atom. The van der Waals surface area contributed by atoms with Crippen LogP contribution in [0, 0.1) is 12.7 Å². The lowest BCUT2D eigenvalue weighted by molar-refractivity contribution is 0.553. The van der Waals surface area contributed by atoms with Gasteiger partial charge in [0.15, 0.2) is 0 Å². The number of nitrogens with one attached hydrogen (secondary N) is 1. The van der Waals surface area contributed by atoms with Crippen molar-refractivity contribution in [2.75, 3.05) is 0 Å². The third-order valence-corrected chi connectivity index (χ3v) is 3.68. The Hall–Kier alpha value is -1.19. The number of hydrogen-bond acceptors (Lipinski definition) is 2. The highest BCUT2D eigenvalue weighted by Gasteiger charge is 2.06. The number of hydrogen-bond donors (Lipinski definition) is 1. The van der Waals surface area contributed by atoms with E-state index in [9.17, 15) is 4.39 Å². The Bertz CT molecular complexity index is 531. The molecule has 2 aromatic rings. The molecule has 18 heavy (non-hydrogen) atoms. The van der Waals surface area contributed by atoms with Gasteiger partial charge in [0.25, 0.3) is 0 Å². The molecule has 0 spiro atoms. The minimum atomic E-state index is -0.135. The third kappa shape index (κ3) is 3.18. The largest absolute Gasteiger partial charge is 0.310 e. The van der Waals surface area contributed by atoms with Gasteiger partial charge in [0.1, 0.15) is 5.82 Å². The molecule has 3 heteroatoms. The quantitative estimate of drug-likeness (QED) is 0.864. The zero-order chi connectivity index (χ0) is 13.1. The first-order valence-corrected chi connectivity index (χ1v) is 7.01. The standard InChI is InChI=1S/C15H18FNS/c1-10(2)17-8-13-5-4-12(7-15(13)16)14-6-11(3)18-9-14/h4-7,9-10,17H,8H2,1-3H3. The molecule has 2 rings (SSSR count). The zero-order valence-corrected chi connectivity index (χ0v) is 11.8. The molecular weight excluding hydrogens is 245 g/mol. The lowest BCUT2D eigenvalue weighted by Gasteiger charge is -2.09. The first-order chi connectivity index (χ1) is 8.56. The van der Waals surface area contributed by atoms with Crippen molar-refractivity contribution < 1.29 is 4.39 Å². The number of aryl methyl sites for hydroxylation is 1. The topological polar surface area (TPSA) is 12.0 Å². The van der Waals surface area contributed by atoms with Crippen LogP contribution in [-0.2, 0) is 6.54 Å². The van der Waals surface area contributed by atoms with E-state index in [0.717, 1.165) is 16.7 Å². The molecule has 1 nitrogen and oxygen atoms in total. The van der Waals surface area contributed by atoms with Gasteiger partial charge in [0, 0.05) is 23.0 Å². The van der Waals surface area contributed by atoms with E-state index in [1.54, 1.807) is 17.4 Å². The van der Waals surface area contributed by atoms with Crippen LogP contribution in [0.3, 0.4) is 0 Å². The smallest absolute Gasteiger partial charge is 0.128 e. The predicted molar refractivity (Wildman–Crippen MR) is 76.4 cm³/mol. The average molecular weight is 263 g/mol. The van der Waals surface area contributed by atoms with Crippen LogP contribution < -0.4 is 5.32 Å². The summed E-state index contributed by atoms with van der Waals surface area (Å²) in [6, 6.07) is 7.93. The molecule has 1 aromatic heterocycles. The normalized spacial score (nSPS) is 11.2. The fourth-order valence-electron chi connectivity index (χ4n) is 1.78. The van der Waals surface area contributed by atoms with Gasteiger partial charge in [0.2, 0.25) is 0 Å². The molecule has 96 valence electrons. The molecule has 0 fully saturated rings. The Kier molecular flexibility index (Phi) is 4.15. The van der Waals surface area contributed by atoms with E-state index in [0.29, 0.717) is 12.6 Å². The lowest BCUT2D eigenvalue weighted by Crippen LogP contribution is -2.22. The molecule has 0 aliphatic carbocycles. The molecule has 1 N–H and O–H groups in total. The molecule has 1 heterocycles. The fourth-order valence-corrected chi connectivity index (χ4v) is 2.49. The molecule has 0 amide bonds. The highest BCUT2D eigenvalue weighted by atomic mass is 32.1. The van der Waals surface area contributed by atoms with Gasteiger partial charge in [-0.15, -0.1) is 11.3 Å². The van der Waals surface area contributed by atoms with Crippen LogP contribution in [0.1, 0.15) is 24.3 Å². The van der Waals surface area contributed by atoms with Gasteiger partial charge in [-0.25, -0.2) is 4.39 Å². The zero-order valence-electron chi connectivity index (χ0n) is 11.0. The van der Waals surface area contributed by atoms with Crippen LogP contribution >= 0.6 is 11.3 Å². The summed E-state index contributed by atoms with van der Waals surface area (Å²) in [5.74, 6) is -0.135. The number of halogens is 1. The van der Waals surface area contributed by atoms with E-state index in [4.69, 9.17) is 0 Å². The summed E-state index contributed by atoms with van der Waals surface area (Å²) >= 11 is 1.69. The van der Waals surface area contributed by atoms with E-state index in [2.05, 4.69) is 37.5 Å². The van der Waals surface area contributed by atoms with Gasteiger partial charge in [-0.2, -0.15) is 0 Å². The van der Waals surface area contributed by atoms with Crippen molar-refractivity contribution in [1.82, 2.24) is 5.32 Å². The predicted octanol–water partition coefficient (Wildman–Crippen LogP) is 4.36. The van der Waals surface area contributed by atoms with Crippen molar-refractivity contribution in [1.29, 1.82) is 0 Å². The fraction of sp³-hybridized carbons (Fsp3) is 0.333. The van der Waals surface area contributed by atoms with E-state index in [-0.39, 0.29) is 5.82 Å². The van der Waals surface area contributed by atoms with Gasteiger partial charge in [-0.1, -0.05) is 26.0 Å². The van der Waals surface area contributed by atoms with Crippen molar-refractivity contribution in [3.05, 3.63) is 45.9 Å². The first-order valence-electron chi connectivity index (χ1n) is 6.13. The summed E-state index contributed by atoms with van der Waals surface area (Å²) in [6.45, 7) is 6.75. The van der Waals surface area contributed by atoms with Crippen LogP contribution in [-0.4, -0.2) is 6.04 Å². The third-order valence-electron chi connectivity index (χ3n) is 2.82. The number of rotatable bonds is 4. The van der Waals surface area contributed by atoms with Gasteiger partial charge in [-0.3, -0.25) is 0 Å². The second-order valence-corrected chi connectivity index (χ2v) is 5.90. The maximum absolute atomic E-state index is 14.0. The second kappa shape index (κ2) is 5.63. The minimum absolute atomic E-state index is 0.135. The van der Waals surface area contributed by atoms with Gasteiger partial charge < -0.3 is 5.32 Å². The minimum Gasteiger partial charge on any atom is -0.310 e. The Morgan fingerprint density at radius 3 is 2.56 bits per heavy atom. The van der Waals surface area contributed by atoms with Crippen molar-refractivity contribution in [3.63, 3.8) is 0 Å². The highest BCUT2D eigenvalue weighted by molar-refractivity contribution is 7.10. The Labute approximate surface area is 112 Å². The highest BCUT2D eigenvalue weighted by Crippen LogP contribution is 2.26. The molecule has 0 saturated heterocycles. The van der Waals surface area contributed by atoms with Crippen LogP contribution in [0.2, 0.25) is 0 Å². The molecule has 0 unspecified atom stereocenters. The van der Waals surface area contributed by atoms with Crippen LogP contribution in [0.15, 0.2) is 29.6 Å². The van der Waals surface area contributed by atoms with Crippen molar-refractivity contribution in [2.24, 2.45) is 0 Å². The van der Waals surface area contributed by atoms with Gasteiger partial charge in [0.05, 0.1) is 0 Å². The van der Waals surface area contributed by atoms with Gasteiger partial charge >= 0.3 is 0 Å². The van der Waals surface area contributed by atoms with E-state index in [1.165, 1.54) is 4.88 Å². The van der Waals surface area contributed by atoms with Crippen LogP contribution in [0.25, 0.3) is 11.1 Å². The summed E-state index contributed by atoms with van der Waals surface area (Å²) in [7, 11) is 0. The first kappa shape index (κ1) is 13.2. The summed E-state index contributed by atoms with van der Waals surface area (Å²) < 4.78 is 14.0. The maximum atomic E-state index is 14.0. The van der Waals surface area contributed by atoms with Crippen LogP contribution in [0.4, 0.5) is 4.39 Å². The second-order valence-electron chi connectivity index (χ2n) is 4.79. The van der Waals surface area contributed by atoms with Crippen molar-refractivity contribution >= 4 is 11.3 Å². The van der Waals surface area contributed by atoms with E-state index in [1.807, 2.05) is 12.1 Å².